The average molecular weight is 422 g/mol. The maximum absolute atomic E-state index is 11.2. The van der Waals surface area contributed by atoms with Crippen LogP contribution in [0.1, 0.15) is 73.1 Å². The van der Waals surface area contributed by atoms with Crippen LogP contribution in [0, 0.1) is 17.8 Å². The number of hydrogen-bond acceptors (Lipinski definition) is 4. The molecule has 0 aromatic carbocycles. The highest BCUT2D eigenvalue weighted by molar-refractivity contribution is 7.78. The third kappa shape index (κ3) is 3.97. The number of isothiocyanates is 1. The summed E-state index contributed by atoms with van der Waals surface area (Å²) in [5.41, 5.74) is -1.42. The van der Waals surface area contributed by atoms with E-state index >= 15 is 0 Å². The fourth-order valence-electron chi connectivity index (χ4n) is 6.73. The highest BCUT2D eigenvalue weighted by atomic mass is 32.1. The molecule has 2 saturated carbocycles. The van der Waals surface area contributed by atoms with Crippen LogP contribution in [0.5, 0.6) is 0 Å². The van der Waals surface area contributed by atoms with Crippen LogP contribution in [-0.4, -0.2) is 58.8 Å². The molecule has 29 heavy (non-hydrogen) atoms. The Morgan fingerprint density at radius 1 is 1.07 bits per heavy atom. The van der Waals surface area contributed by atoms with E-state index in [9.17, 15) is 5.11 Å². The predicted octanol–water partition coefficient (Wildman–Crippen LogP) is 5.13. The van der Waals surface area contributed by atoms with Gasteiger partial charge in [0.15, 0.2) is 0 Å². The SMILES string of the molecule is C[N-][C@@H]1[C@@H]2[C@@H]([C@@]3(C)CC[C@@H](C(C)(C)N=C=S)O3)CC[C@](C)([N-]C)[C@H]2CC[C@@]1(C)O. The van der Waals surface area contributed by atoms with Crippen LogP contribution in [0.4, 0.5) is 0 Å². The Morgan fingerprint density at radius 3 is 2.31 bits per heavy atom. The zero-order valence-corrected chi connectivity index (χ0v) is 20.1. The molecule has 5 nitrogen and oxygen atoms in total. The van der Waals surface area contributed by atoms with Crippen molar-refractivity contribution in [2.75, 3.05) is 14.1 Å². The van der Waals surface area contributed by atoms with E-state index < -0.39 is 5.60 Å². The van der Waals surface area contributed by atoms with Gasteiger partial charge in [0.25, 0.3) is 0 Å². The summed E-state index contributed by atoms with van der Waals surface area (Å²) >= 11 is 4.87. The van der Waals surface area contributed by atoms with Gasteiger partial charge in [-0.1, -0.05) is 19.3 Å². The lowest BCUT2D eigenvalue weighted by atomic mass is 9.51. The molecule has 1 heterocycles. The van der Waals surface area contributed by atoms with Gasteiger partial charge in [-0.2, -0.15) is 14.1 Å². The van der Waals surface area contributed by atoms with Gasteiger partial charge in [-0.15, -0.1) is 11.6 Å². The summed E-state index contributed by atoms with van der Waals surface area (Å²) in [6.07, 6.45) is 5.90. The summed E-state index contributed by atoms with van der Waals surface area (Å²) in [5, 5.41) is 23.4. The molecule has 0 spiro atoms. The van der Waals surface area contributed by atoms with Crippen molar-refractivity contribution in [1.29, 1.82) is 0 Å². The first-order valence-corrected chi connectivity index (χ1v) is 11.5. The number of ether oxygens (including phenoxy) is 1. The number of hydrogen-bond donors (Lipinski definition) is 1. The zero-order valence-electron chi connectivity index (χ0n) is 19.2. The van der Waals surface area contributed by atoms with E-state index in [2.05, 4.69) is 37.8 Å². The van der Waals surface area contributed by atoms with E-state index in [1.165, 1.54) is 0 Å². The smallest absolute Gasteiger partial charge is 0.0915 e. The Hall–Kier alpha value is -0.360. The Balaban J connectivity index is 1.95. The molecular weight excluding hydrogens is 382 g/mol. The molecular formula is C23H39N3O2S-2. The molecule has 1 aliphatic heterocycles. The number of nitrogens with zero attached hydrogens (tertiary/aromatic N) is 3. The molecule has 0 aromatic rings. The van der Waals surface area contributed by atoms with Crippen molar-refractivity contribution >= 4 is 17.4 Å². The van der Waals surface area contributed by atoms with Crippen LogP contribution < -0.4 is 0 Å². The summed E-state index contributed by atoms with van der Waals surface area (Å²) in [7, 11) is 3.82. The first-order chi connectivity index (χ1) is 13.4. The van der Waals surface area contributed by atoms with Gasteiger partial charge >= 0.3 is 0 Å². The first kappa shape index (κ1) is 23.3. The minimum atomic E-state index is -0.768. The number of likely N-dealkylation sites (N-methyl/N-ethyl adjacent to an activating group) is 1. The average Bonchev–Trinajstić information content (AvgIpc) is 3.05. The van der Waals surface area contributed by atoms with Crippen LogP contribution >= 0.6 is 12.2 Å². The predicted molar refractivity (Wildman–Crippen MR) is 122 cm³/mol. The maximum Gasteiger partial charge on any atom is 0.0915 e. The van der Waals surface area contributed by atoms with E-state index in [1.54, 1.807) is 0 Å². The third-order valence-corrected chi connectivity index (χ3v) is 8.75. The monoisotopic (exact) mass is 421 g/mol. The van der Waals surface area contributed by atoms with Gasteiger partial charge in [0, 0.05) is 5.60 Å². The number of thiocarbonyl (C=S) groups is 1. The fraction of sp³-hybridized carbons (Fsp3) is 0.957. The molecule has 6 heteroatoms. The molecule has 3 fully saturated rings. The van der Waals surface area contributed by atoms with E-state index in [0.29, 0.717) is 11.8 Å². The van der Waals surface area contributed by atoms with Crippen molar-refractivity contribution in [3.63, 3.8) is 0 Å². The molecule has 1 saturated heterocycles. The van der Waals surface area contributed by atoms with E-state index in [0.717, 1.165) is 38.5 Å². The minimum absolute atomic E-state index is 0.0340. The number of fused-ring (bicyclic) bond motifs is 1. The quantitative estimate of drug-likeness (QED) is 0.494. The second-order valence-electron chi connectivity index (χ2n) is 10.8. The van der Waals surface area contributed by atoms with Crippen molar-refractivity contribution in [2.24, 2.45) is 22.7 Å². The first-order valence-electron chi connectivity index (χ1n) is 11.1. The van der Waals surface area contributed by atoms with E-state index in [4.69, 9.17) is 27.6 Å². The summed E-state index contributed by atoms with van der Waals surface area (Å²) in [6, 6.07) is -0.0842. The largest absolute Gasteiger partial charge is 0.660 e. The lowest BCUT2D eigenvalue weighted by molar-refractivity contribution is -0.150. The molecule has 8 atom stereocenters. The minimum Gasteiger partial charge on any atom is -0.660 e. The van der Waals surface area contributed by atoms with Gasteiger partial charge in [0.2, 0.25) is 0 Å². The molecule has 2 aliphatic carbocycles. The maximum atomic E-state index is 11.2. The molecule has 0 unspecified atom stereocenters. The summed E-state index contributed by atoms with van der Waals surface area (Å²) in [4.78, 5) is 4.39. The second kappa shape index (κ2) is 7.96. The molecule has 0 bridgehead atoms. The highest BCUT2D eigenvalue weighted by Crippen LogP contribution is 2.59. The van der Waals surface area contributed by atoms with Crippen LogP contribution in [0.2, 0.25) is 0 Å². The number of aliphatic imine (C=N–C) groups is 1. The third-order valence-electron chi connectivity index (χ3n) is 8.66. The van der Waals surface area contributed by atoms with Crippen LogP contribution in [-0.2, 0) is 4.74 Å². The molecule has 0 aromatic heterocycles. The van der Waals surface area contributed by atoms with Crippen LogP contribution in [0.3, 0.4) is 0 Å². The van der Waals surface area contributed by atoms with Gasteiger partial charge in [-0.25, -0.2) is 4.99 Å². The van der Waals surface area contributed by atoms with Gasteiger partial charge in [0.05, 0.1) is 22.4 Å². The second-order valence-corrected chi connectivity index (χ2v) is 11.0. The lowest BCUT2D eigenvalue weighted by Crippen LogP contribution is -2.62. The van der Waals surface area contributed by atoms with Crippen LogP contribution in [0.15, 0.2) is 4.99 Å². The van der Waals surface area contributed by atoms with E-state index in [-0.39, 0.29) is 34.7 Å². The van der Waals surface area contributed by atoms with Gasteiger partial charge in [-0.3, -0.25) is 0 Å². The number of aliphatic hydroxyl groups is 1. The summed E-state index contributed by atoms with van der Waals surface area (Å²) < 4.78 is 6.78. The number of rotatable bonds is 5. The van der Waals surface area contributed by atoms with Gasteiger partial charge in [-0.05, 0) is 83.9 Å². The lowest BCUT2D eigenvalue weighted by Gasteiger charge is -2.67. The van der Waals surface area contributed by atoms with Gasteiger partial charge < -0.3 is 20.5 Å². The van der Waals surface area contributed by atoms with E-state index in [1.807, 2.05) is 21.0 Å². The van der Waals surface area contributed by atoms with Crippen molar-refractivity contribution < 1.29 is 9.84 Å². The topological polar surface area (TPSA) is 70.0 Å². The standard InChI is InChI=1S/C23H39N3O2S/c1-20(2,26-14-29)17-10-13-23(5,28-17)16-8-11-21(3,25-7)15-9-12-22(4,27)19(24-6)18(15)16/h15-19,27H,8-13H2,1-7H3/q-2/t15-,16-,17-,18-,19+,21-,22+,23+/m0/s1. The Kier molecular flexibility index (Phi) is 6.40. The van der Waals surface area contributed by atoms with Crippen molar-refractivity contribution in [2.45, 2.75) is 108 Å². The summed E-state index contributed by atoms with van der Waals surface area (Å²) in [5.74, 6) is 1.04. The molecule has 1 N–H and O–H groups in total. The molecule has 0 amide bonds. The highest BCUT2D eigenvalue weighted by Gasteiger charge is 2.56. The Labute approximate surface area is 182 Å². The zero-order chi connectivity index (χ0) is 21.7. The molecule has 3 rings (SSSR count). The fourth-order valence-corrected chi connectivity index (χ4v) is 6.97. The molecule has 166 valence electrons. The Bertz CT molecular complexity index is 663. The normalized spacial score (nSPS) is 48.1. The van der Waals surface area contributed by atoms with Crippen molar-refractivity contribution in [3.8, 4) is 0 Å². The van der Waals surface area contributed by atoms with Crippen molar-refractivity contribution in [3.05, 3.63) is 10.6 Å². The molecule has 0 radical (unpaired) electrons. The molecule has 3 aliphatic rings. The van der Waals surface area contributed by atoms with Gasteiger partial charge in [0.1, 0.15) is 0 Å². The van der Waals surface area contributed by atoms with Crippen LogP contribution in [0.25, 0.3) is 10.6 Å². The Morgan fingerprint density at radius 2 is 1.72 bits per heavy atom. The summed E-state index contributed by atoms with van der Waals surface area (Å²) in [6.45, 7) is 10.7. The van der Waals surface area contributed by atoms with Crippen molar-refractivity contribution in [1.82, 2.24) is 0 Å².